The Kier molecular flexibility index (Phi) is 5.40. The van der Waals surface area contributed by atoms with Gasteiger partial charge in [-0.1, -0.05) is 0 Å². The van der Waals surface area contributed by atoms with E-state index in [9.17, 15) is 4.79 Å². The van der Waals surface area contributed by atoms with E-state index in [2.05, 4.69) is 9.47 Å². The number of rotatable bonds is 4. The molecule has 0 rings (SSSR count). The minimum atomic E-state index is -0.718. The van der Waals surface area contributed by atoms with Crippen molar-refractivity contribution in [2.75, 3.05) is 13.2 Å². The molecule has 5 nitrogen and oxygen atoms in total. The van der Waals surface area contributed by atoms with Crippen molar-refractivity contribution in [3.63, 3.8) is 0 Å². The van der Waals surface area contributed by atoms with Crippen LogP contribution in [0.1, 0.15) is 13.8 Å². The summed E-state index contributed by atoms with van der Waals surface area (Å²) in [4.78, 5) is 10.7. The first-order valence-electron chi connectivity index (χ1n) is 3.83. The number of carbonyl (C=O) groups is 1. The van der Waals surface area contributed by atoms with Crippen LogP contribution in [-0.2, 0) is 9.47 Å². The summed E-state index contributed by atoms with van der Waals surface area (Å²) in [7, 11) is 0. The van der Waals surface area contributed by atoms with Crippen LogP contribution in [0.3, 0.4) is 0 Å². The van der Waals surface area contributed by atoms with Crippen molar-refractivity contribution in [3.8, 4) is 0 Å². The van der Waals surface area contributed by atoms with Crippen molar-refractivity contribution in [1.82, 2.24) is 0 Å². The number of carbonyl (C=O) groups excluding carboxylic acids is 1. The van der Waals surface area contributed by atoms with Gasteiger partial charge >= 0.3 is 6.16 Å². The molecule has 0 bridgehead atoms. The van der Waals surface area contributed by atoms with Crippen LogP contribution in [0.2, 0.25) is 0 Å². The normalized spacial score (nSPS) is 15.0. The summed E-state index contributed by atoms with van der Waals surface area (Å²) in [6.45, 7) is 3.80. The maximum absolute atomic E-state index is 10.7. The van der Waals surface area contributed by atoms with Crippen LogP contribution >= 0.6 is 0 Å². The van der Waals surface area contributed by atoms with E-state index in [1.54, 1.807) is 13.8 Å². The van der Waals surface area contributed by atoms with Gasteiger partial charge in [-0.15, -0.1) is 0 Å². The molecule has 2 atom stereocenters. The predicted molar refractivity (Wildman–Crippen MR) is 44.6 cm³/mol. The van der Waals surface area contributed by atoms with Crippen molar-refractivity contribution in [1.29, 1.82) is 0 Å². The van der Waals surface area contributed by atoms with Crippen molar-refractivity contribution in [3.05, 3.63) is 0 Å². The molecule has 0 radical (unpaired) electrons. The van der Waals surface area contributed by atoms with Crippen LogP contribution < -0.4 is 11.5 Å². The summed E-state index contributed by atoms with van der Waals surface area (Å²) in [5, 5.41) is 0. The van der Waals surface area contributed by atoms with Crippen LogP contribution in [0, 0.1) is 0 Å². The van der Waals surface area contributed by atoms with E-state index in [1.165, 1.54) is 0 Å². The van der Waals surface area contributed by atoms with Crippen LogP contribution in [0.25, 0.3) is 0 Å². The van der Waals surface area contributed by atoms with Gasteiger partial charge in [-0.05, 0) is 13.8 Å². The summed E-state index contributed by atoms with van der Waals surface area (Å²) in [6.07, 6.45) is -0.718. The zero-order valence-electron chi connectivity index (χ0n) is 7.45. The topological polar surface area (TPSA) is 87.6 Å². The molecule has 0 aliphatic heterocycles. The van der Waals surface area contributed by atoms with Crippen LogP contribution in [0.5, 0.6) is 0 Å². The molecule has 4 N–H and O–H groups in total. The van der Waals surface area contributed by atoms with E-state index in [0.29, 0.717) is 0 Å². The van der Waals surface area contributed by atoms with Crippen LogP contribution in [0.4, 0.5) is 4.79 Å². The first-order chi connectivity index (χ1) is 5.52. The van der Waals surface area contributed by atoms with Gasteiger partial charge in [-0.3, -0.25) is 0 Å². The monoisotopic (exact) mass is 176 g/mol. The van der Waals surface area contributed by atoms with Crippen LogP contribution in [0.15, 0.2) is 0 Å². The molecule has 0 aromatic rings. The summed E-state index contributed by atoms with van der Waals surface area (Å²) in [6, 6.07) is -0.347. The van der Waals surface area contributed by atoms with Gasteiger partial charge < -0.3 is 20.9 Å². The third-order valence-corrected chi connectivity index (χ3v) is 0.928. The number of ether oxygens (including phenoxy) is 2. The van der Waals surface area contributed by atoms with Crippen molar-refractivity contribution in [2.45, 2.75) is 25.9 Å². The molecule has 0 amide bonds. The second-order valence-electron chi connectivity index (χ2n) is 2.83. The molecule has 0 aromatic heterocycles. The molecule has 2 unspecified atom stereocenters. The van der Waals surface area contributed by atoms with Gasteiger partial charge in [-0.2, -0.15) is 0 Å². The Morgan fingerprint density at radius 3 is 1.75 bits per heavy atom. The second kappa shape index (κ2) is 5.79. The van der Waals surface area contributed by atoms with E-state index < -0.39 is 6.16 Å². The standard InChI is InChI=1S/C7H16N2O3/c1-5(8)3-11-7(10)12-4-6(2)9/h5-6H,3-4,8-9H2,1-2H3. The van der Waals surface area contributed by atoms with E-state index in [4.69, 9.17) is 11.5 Å². The average molecular weight is 176 g/mol. The largest absolute Gasteiger partial charge is 0.508 e. The van der Waals surface area contributed by atoms with E-state index in [-0.39, 0.29) is 25.3 Å². The van der Waals surface area contributed by atoms with Gasteiger partial charge in [0.15, 0.2) is 0 Å². The Balaban J connectivity index is 3.34. The highest BCUT2D eigenvalue weighted by atomic mass is 16.7. The fraction of sp³-hybridized carbons (Fsp3) is 0.857. The van der Waals surface area contributed by atoms with Gasteiger partial charge in [0.1, 0.15) is 13.2 Å². The smallest absolute Gasteiger partial charge is 0.433 e. The maximum Gasteiger partial charge on any atom is 0.508 e. The minimum Gasteiger partial charge on any atom is -0.433 e. The fourth-order valence-electron chi connectivity index (χ4n) is 0.441. The van der Waals surface area contributed by atoms with Gasteiger partial charge in [0, 0.05) is 12.1 Å². The van der Waals surface area contributed by atoms with Gasteiger partial charge in [0.2, 0.25) is 0 Å². The predicted octanol–water partition coefficient (Wildman–Crippen LogP) is -0.166. The third-order valence-electron chi connectivity index (χ3n) is 0.928. The Bertz CT molecular complexity index is 123. The molecule has 0 aliphatic rings. The SMILES string of the molecule is CC(N)COC(=O)OCC(C)N. The van der Waals surface area contributed by atoms with Crippen molar-refractivity contribution >= 4 is 6.16 Å². The molecule has 0 aliphatic carbocycles. The highest BCUT2D eigenvalue weighted by Crippen LogP contribution is 1.88. The van der Waals surface area contributed by atoms with Gasteiger partial charge in [0.05, 0.1) is 0 Å². The number of hydrogen-bond donors (Lipinski definition) is 2. The van der Waals surface area contributed by atoms with E-state index in [0.717, 1.165) is 0 Å². The Morgan fingerprint density at radius 2 is 1.50 bits per heavy atom. The quantitative estimate of drug-likeness (QED) is 0.581. The first kappa shape index (κ1) is 11.2. The summed E-state index contributed by atoms with van der Waals surface area (Å²) in [5.41, 5.74) is 10.7. The molecule has 12 heavy (non-hydrogen) atoms. The van der Waals surface area contributed by atoms with E-state index >= 15 is 0 Å². The van der Waals surface area contributed by atoms with Crippen LogP contribution in [-0.4, -0.2) is 31.5 Å². The van der Waals surface area contributed by atoms with Crippen molar-refractivity contribution < 1.29 is 14.3 Å². The lowest BCUT2D eigenvalue weighted by Gasteiger charge is -2.09. The second-order valence-corrected chi connectivity index (χ2v) is 2.83. The number of hydrogen-bond acceptors (Lipinski definition) is 5. The maximum atomic E-state index is 10.7. The highest BCUT2D eigenvalue weighted by molar-refractivity contribution is 5.59. The third kappa shape index (κ3) is 7.30. The summed E-state index contributed by atoms with van der Waals surface area (Å²) < 4.78 is 9.22. The lowest BCUT2D eigenvalue weighted by atomic mass is 10.4. The molecule has 5 heteroatoms. The molecule has 0 saturated carbocycles. The Labute approximate surface area is 72.0 Å². The van der Waals surface area contributed by atoms with Gasteiger partial charge in [0.25, 0.3) is 0 Å². The Hall–Kier alpha value is -0.810. The zero-order chi connectivity index (χ0) is 9.56. The summed E-state index contributed by atoms with van der Waals surface area (Å²) in [5.74, 6) is 0. The molecule has 72 valence electrons. The molecule has 0 saturated heterocycles. The molecular weight excluding hydrogens is 160 g/mol. The Morgan fingerprint density at radius 1 is 1.17 bits per heavy atom. The van der Waals surface area contributed by atoms with E-state index in [1.807, 2.05) is 0 Å². The molecule has 0 aromatic carbocycles. The van der Waals surface area contributed by atoms with Gasteiger partial charge in [-0.25, -0.2) is 4.79 Å². The average Bonchev–Trinajstić information content (AvgIpc) is 1.96. The van der Waals surface area contributed by atoms with Crippen molar-refractivity contribution in [2.24, 2.45) is 11.5 Å². The minimum absolute atomic E-state index is 0.164. The number of nitrogens with two attached hydrogens (primary N) is 2. The highest BCUT2D eigenvalue weighted by Gasteiger charge is 2.05. The molecule has 0 heterocycles. The lowest BCUT2D eigenvalue weighted by molar-refractivity contribution is 0.0495. The first-order valence-corrected chi connectivity index (χ1v) is 3.83. The summed E-state index contributed by atoms with van der Waals surface area (Å²) >= 11 is 0. The molecule has 0 fully saturated rings. The molecular formula is C7H16N2O3. The zero-order valence-corrected chi connectivity index (χ0v) is 7.45. The lowest BCUT2D eigenvalue weighted by Crippen LogP contribution is -2.27. The fourth-order valence-corrected chi connectivity index (χ4v) is 0.441. The molecule has 0 spiro atoms.